The number of hydrogen-bond donors (Lipinski definition) is 1. The number of carbonyl (C=O) groups excluding carboxylic acids is 1. The lowest BCUT2D eigenvalue weighted by atomic mass is 10.2. The first-order valence-corrected chi connectivity index (χ1v) is 6.91. The number of halogens is 1. The Morgan fingerprint density at radius 1 is 1.29 bits per heavy atom. The molecule has 3 rings (SSSR count). The minimum Gasteiger partial charge on any atom is -0.335 e. The number of aromatic nitrogens is 2. The second-order valence-corrected chi connectivity index (χ2v) is 5.42. The molecule has 0 bridgehead atoms. The standard InChI is InChI=1S/C16H14ClN3O/c1-10-9-20(2)15-14(10)7-11(8-18-15)16(21)19-13-5-3-12(17)4-6-13/h3-9H,1-2H3,(H,19,21). The van der Waals surface area contributed by atoms with Crippen LogP contribution in [0.15, 0.2) is 42.7 Å². The Labute approximate surface area is 127 Å². The van der Waals surface area contributed by atoms with Crippen LogP contribution in [0, 0.1) is 6.92 Å². The zero-order valence-corrected chi connectivity index (χ0v) is 12.5. The molecule has 0 aliphatic heterocycles. The van der Waals surface area contributed by atoms with E-state index in [0.717, 1.165) is 16.6 Å². The zero-order valence-electron chi connectivity index (χ0n) is 11.7. The number of aryl methyl sites for hydroxylation is 2. The van der Waals surface area contributed by atoms with E-state index in [1.54, 1.807) is 30.5 Å². The van der Waals surface area contributed by atoms with Crippen LogP contribution in [-0.2, 0) is 7.05 Å². The van der Waals surface area contributed by atoms with E-state index >= 15 is 0 Å². The van der Waals surface area contributed by atoms with Gasteiger partial charge in [0.25, 0.3) is 5.91 Å². The van der Waals surface area contributed by atoms with Crippen molar-refractivity contribution >= 4 is 34.2 Å². The van der Waals surface area contributed by atoms with Gasteiger partial charge in [-0.3, -0.25) is 4.79 Å². The molecule has 0 aliphatic carbocycles. The highest BCUT2D eigenvalue weighted by Gasteiger charge is 2.11. The number of nitrogens with one attached hydrogen (secondary N) is 1. The van der Waals surface area contributed by atoms with Gasteiger partial charge in [-0.1, -0.05) is 11.6 Å². The highest BCUT2D eigenvalue weighted by molar-refractivity contribution is 6.30. The van der Waals surface area contributed by atoms with Crippen molar-refractivity contribution in [2.24, 2.45) is 7.05 Å². The lowest BCUT2D eigenvalue weighted by Crippen LogP contribution is -2.12. The fraction of sp³-hybridized carbons (Fsp3) is 0.125. The molecule has 0 unspecified atom stereocenters. The minimum atomic E-state index is -0.185. The molecular formula is C16H14ClN3O. The van der Waals surface area contributed by atoms with Gasteiger partial charge in [0, 0.05) is 35.5 Å². The minimum absolute atomic E-state index is 0.185. The van der Waals surface area contributed by atoms with Crippen LogP contribution in [0.3, 0.4) is 0 Å². The van der Waals surface area contributed by atoms with Crippen LogP contribution in [0.2, 0.25) is 5.02 Å². The van der Waals surface area contributed by atoms with Crippen LogP contribution in [-0.4, -0.2) is 15.5 Å². The summed E-state index contributed by atoms with van der Waals surface area (Å²) in [5, 5.41) is 4.45. The highest BCUT2D eigenvalue weighted by Crippen LogP contribution is 2.20. The van der Waals surface area contributed by atoms with E-state index in [1.165, 1.54) is 0 Å². The van der Waals surface area contributed by atoms with Gasteiger partial charge in [0.15, 0.2) is 0 Å². The number of nitrogens with zero attached hydrogens (tertiary/aromatic N) is 2. The number of hydrogen-bond acceptors (Lipinski definition) is 2. The smallest absolute Gasteiger partial charge is 0.257 e. The fourth-order valence-electron chi connectivity index (χ4n) is 2.31. The van der Waals surface area contributed by atoms with Crippen LogP contribution in [0.25, 0.3) is 11.0 Å². The Kier molecular flexibility index (Phi) is 3.39. The molecule has 1 N–H and O–H groups in total. The molecule has 2 heterocycles. The molecule has 0 radical (unpaired) electrons. The molecule has 5 heteroatoms. The van der Waals surface area contributed by atoms with Gasteiger partial charge in [0.1, 0.15) is 5.65 Å². The van der Waals surface area contributed by atoms with E-state index in [1.807, 2.05) is 30.8 Å². The van der Waals surface area contributed by atoms with Gasteiger partial charge in [0.2, 0.25) is 0 Å². The zero-order chi connectivity index (χ0) is 15.0. The van der Waals surface area contributed by atoms with Crippen molar-refractivity contribution in [3.8, 4) is 0 Å². The van der Waals surface area contributed by atoms with E-state index < -0.39 is 0 Å². The number of benzene rings is 1. The third kappa shape index (κ3) is 2.62. The number of amides is 1. The first kappa shape index (κ1) is 13.6. The van der Waals surface area contributed by atoms with Crippen molar-refractivity contribution in [3.05, 3.63) is 58.9 Å². The number of fused-ring (bicyclic) bond motifs is 1. The summed E-state index contributed by atoms with van der Waals surface area (Å²) in [7, 11) is 1.94. The summed E-state index contributed by atoms with van der Waals surface area (Å²) in [5.41, 5.74) is 3.21. The average Bonchev–Trinajstić information content (AvgIpc) is 2.76. The van der Waals surface area contributed by atoms with Gasteiger partial charge in [-0.25, -0.2) is 4.98 Å². The predicted molar refractivity (Wildman–Crippen MR) is 84.9 cm³/mol. The Hall–Kier alpha value is -2.33. The molecule has 0 saturated heterocycles. The number of rotatable bonds is 2. The molecule has 106 valence electrons. The Balaban J connectivity index is 1.91. The molecule has 1 amide bonds. The summed E-state index contributed by atoms with van der Waals surface area (Å²) in [6.45, 7) is 2.00. The van der Waals surface area contributed by atoms with Crippen LogP contribution < -0.4 is 5.32 Å². The first-order chi connectivity index (χ1) is 10.0. The van der Waals surface area contributed by atoms with Gasteiger partial charge in [-0.15, -0.1) is 0 Å². The summed E-state index contributed by atoms with van der Waals surface area (Å²) in [6.07, 6.45) is 3.59. The van der Waals surface area contributed by atoms with Crippen molar-refractivity contribution in [1.29, 1.82) is 0 Å². The van der Waals surface area contributed by atoms with Gasteiger partial charge in [-0.05, 0) is 42.8 Å². The predicted octanol–water partition coefficient (Wildman–Crippen LogP) is 3.79. The number of anilines is 1. The van der Waals surface area contributed by atoms with Crippen molar-refractivity contribution in [2.75, 3.05) is 5.32 Å². The maximum Gasteiger partial charge on any atom is 0.257 e. The molecular weight excluding hydrogens is 286 g/mol. The van der Waals surface area contributed by atoms with Crippen LogP contribution in [0.1, 0.15) is 15.9 Å². The highest BCUT2D eigenvalue weighted by atomic mass is 35.5. The average molecular weight is 300 g/mol. The molecule has 21 heavy (non-hydrogen) atoms. The lowest BCUT2D eigenvalue weighted by molar-refractivity contribution is 0.102. The van der Waals surface area contributed by atoms with Crippen molar-refractivity contribution in [1.82, 2.24) is 9.55 Å². The second-order valence-electron chi connectivity index (χ2n) is 4.98. The molecule has 3 aromatic rings. The molecule has 2 aromatic heterocycles. The van der Waals surface area contributed by atoms with Gasteiger partial charge >= 0.3 is 0 Å². The molecule has 4 nitrogen and oxygen atoms in total. The topological polar surface area (TPSA) is 46.9 Å². The molecule has 1 aromatic carbocycles. The summed E-state index contributed by atoms with van der Waals surface area (Å²) in [6, 6.07) is 8.86. The van der Waals surface area contributed by atoms with Gasteiger partial charge in [-0.2, -0.15) is 0 Å². The van der Waals surface area contributed by atoms with E-state index in [-0.39, 0.29) is 5.91 Å². The van der Waals surface area contributed by atoms with Crippen LogP contribution in [0.5, 0.6) is 0 Å². The fourth-order valence-corrected chi connectivity index (χ4v) is 2.44. The van der Waals surface area contributed by atoms with E-state index in [4.69, 9.17) is 11.6 Å². The monoisotopic (exact) mass is 299 g/mol. The molecule has 0 atom stereocenters. The summed E-state index contributed by atoms with van der Waals surface area (Å²) >= 11 is 5.83. The normalized spacial score (nSPS) is 10.8. The van der Waals surface area contributed by atoms with Gasteiger partial charge < -0.3 is 9.88 Å². The van der Waals surface area contributed by atoms with Crippen LogP contribution in [0.4, 0.5) is 5.69 Å². The second kappa shape index (κ2) is 5.22. The van der Waals surface area contributed by atoms with Crippen LogP contribution >= 0.6 is 11.6 Å². The third-order valence-corrected chi connectivity index (χ3v) is 3.63. The maximum absolute atomic E-state index is 12.3. The first-order valence-electron chi connectivity index (χ1n) is 6.53. The number of pyridine rings is 1. The largest absolute Gasteiger partial charge is 0.335 e. The molecule has 0 aliphatic rings. The SMILES string of the molecule is Cc1cn(C)c2ncc(C(=O)Nc3ccc(Cl)cc3)cc12. The quantitative estimate of drug-likeness (QED) is 0.782. The summed E-state index contributed by atoms with van der Waals surface area (Å²) in [4.78, 5) is 16.6. The van der Waals surface area contributed by atoms with Crippen molar-refractivity contribution in [2.45, 2.75) is 6.92 Å². The van der Waals surface area contributed by atoms with Gasteiger partial charge in [0.05, 0.1) is 5.56 Å². The van der Waals surface area contributed by atoms with Crippen molar-refractivity contribution in [3.63, 3.8) is 0 Å². The summed E-state index contributed by atoms with van der Waals surface area (Å²) in [5.74, 6) is -0.185. The lowest BCUT2D eigenvalue weighted by Gasteiger charge is -2.05. The van der Waals surface area contributed by atoms with E-state index in [2.05, 4.69) is 10.3 Å². The maximum atomic E-state index is 12.3. The van der Waals surface area contributed by atoms with Crippen molar-refractivity contribution < 1.29 is 4.79 Å². The Bertz CT molecular complexity index is 821. The molecule has 0 spiro atoms. The number of carbonyl (C=O) groups is 1. The summed E-state index contributed by atoms with van der Waals surface area (Å²) < 4.78 is 1.95. The molecule has 0 fully saturated rings. The molecule has 0 saturated carbocycles. The Morgan fingerprint density at radius 2 is 2.00 bits per heavy atom. The van der Waals surface area contributed by atoms with E-state index in [0.29, 0.717) is 16.3 Å². The third-order valence-electron chi connectivity index (χ3n) is 3.38. The Morgan fingerprint density at radius 3 is 2.71 bits per heavy atom. The van der Waals surface area contributed by atoms with E-state index in [9.17, 15) is 4.79 Å².